The zero-order chi connectivity index (χ0) is 38.2. The van der Waals surface area contributed by atoms with Crippen molar-refractivity contribution in [3.63, 3.8) is 0 Å². The zero-order valence-electron chi connectivity index (χ0n) is 32.1. The first kappa shape index (κ1) is 40.0. The number of aliphatic hydroxyl groups is 1. The third-order valence-corrected chi connectivity index (χ3v) is 11.6. The van der Waals surface area contributed by atoms with Crippen LogP contribution >= 0.6 is 0 Å². The Labute approximate surface area is 314 Å². The number of nitrogens with zero attached hydrogens (tertiary/aromatic N) is 1. The van der Waals surface area contributed by atoms with Crippen molar-refractivity contribution in [2.24, 2.45) is 34.1 Å². The number of methoxy groups -OCH3 is 2. The van der Waals surface area contributed by atoms with Gasteiger partial charge in [0.2, 0.25) is 5.96 Å². The Kier molecular flexibility index (Phi) is 13.4. The molecule has 0 amide bonds. The van der Waals surface area contributed by atoms with Crippen LogP contribution in [-0.4, -0.2) is 73.8 Å². The average molecular weight is 731 g/mol. The van der Waals surface area contributed by atoms with E-state index in [-0.39, 0.29) is 41.0 Å². The van der Waals surface area contributed by atoms with Crippen molar-refractivity contribution in [2.45, 2.75) is 89.9 Å². The molecule has 2 bridgehead atoms. The molecule has 0 radical (unpaired) electrons. The molecule has 2 aromatic carbocycles. The molecule has 5 rings (SSSR count). The minimum Gasteiger partial charge on any atom is -0.504 e. The molecule has 1 heterocycles. The maximum atomic E-state index is 14.5. The molecule has 0 aromatic heterocycles. The summed E-state index contributed by atoms with van der Waals surface area (Å²) in [4.78, 5) is 18.9. The number of hydrogen-bond donors (Lipinski definition) is 6. The lowest BCUT2D eigenvalue weighted by Crippen LogP contribution is -2.43. The third kappa shape index (κ3) is 9.47. The number of phenols is 2. The number of hydrogen-bond acceptors (Lipinski definition) is 9. The van der Waals surface area contributed by atoms with Gasteiger partial charge in [0.05, 0.1) is 12.8 Å². The molecule has 2 aromatic rings. The lowest BCUT2D eigenvalue weighted by atomic mass is 9.68. The first-order valence-electron chi connectivity index (χ1n) is 18.9. The number of aliphatic imine (C=N–C) groups is 1. The maximum absolute atomic E-state index is 14.5. The molecule has 2 aliphatic carbocycles. The lowest BCUT2D eigenvalue weighted by molar-refractivity contribution is -0.125. The summed E-state index contributed by atoms with van der Waals surface area (Å²) in [5, 5.41) is 41.7. The average Bonchev–Trinajstić information content (AvgIpc) is 3.73. The van der Waals surface area contributed by atoms with E-state index >= 15 is 0 Å². The van der Waals surface area contributed by atoms with E-state index in [0.29, 0.717) is 61.8 Å². The van der Waals surface area contributed by atoms with E-state index < -0.39 is 17.3 Å². The molecule has 3 aliphatic rings. The number of anilines is 1. The monoisotopic (exact) mass is 730 g/mol. The van der Waals surface area contributed by atoms with E-state index in [9.17, 15) is 20.1 Å². The van der Waals surface area contributed by atoms with Crippen LogP contribution in [0.15, 0.2) is 47.5 Å². The van der Waals surface area contributed by atoms with Gasteiger partial charge in [0.15, 0.2) is 35.1 Å². The van der Waals surface area contributed by atoms with Crippen LogP contribution in [0.4, 0.5) is 5.69 Å². The topological polar surface area (TPSA) is 154 Å². The van der Waals surface area contributed by atoms with Crippen LogP contribution < -0.4 is 25.4 Å². The molecule has 11 heteroatoms. The number of aliphatic hydroxyl groups excluding tert-OH is 1. The molecular formula is C42H58N4O7. The lowest BCUT2D eigenvalue weighted by Gasteiger charge is -2.33. The first-order valence-corrected chi connectivity index (χ1v) is 18.9. The Hall–Kier alpha value is -4.24. The number of carbonyl (C=O) groups is 1. The van der Waals surface area contributed by atoms with Gasteiger partial charge in [-0.05, 0) is 117 Å². The Morgan fingerprint density at radius 2 is 1.92 bits per heavy atom. The van der Waals surface area contributed by atoms with Crippen LogP contribution in [0.1, 0.15) is 76.3 Å². The van der Waals surface area contributed by atoms with Gasteiger partial charge in [-0.25, -0.2) is 0 Å². The Balaban J connectivity index is 1.52. The van der Waals surface area contributed by atoms with Crippen molar-refractivity contribution in [1.82, 2.24) is 10.6 Å². The van der Waals surface area contributed by atoms with Gasteiger partial charge in [0, 0.05) is 45.0 Å². The second kappa shape index (κ2) is 17.7. The summed E-state index contributed by atoms with van der Waals surface area (Å²) < 4.78 is 17.3. The summed E-state index contributed by atoms with van der Waals surface area (Å²) in [6.07, 6.45) is 10.0. The number of aromatic hydroxyl groups is 2. The van der Waals surface area contributed by atoms with Crippen LogP contribution in [0, 0.1) is 41.1 Å². The predicted molar refractivity (Wildman–Crippen MR) is 207 cm³/mol. The largest absolute Gasteiger partial charge is 0.504 e. The number of rotatable bonds is 11. The van der Waals surface area contributed by atoms with E-state index in [1.165, 1.54) is 14.2 Å². The molecule has 0 saturated heterocycles. The Morgan fingerprint density at radius 3 is 2.64 bits per heavy atom. The molecule has 53 heavy (non-hydrogen) atoms. The van der Waals surface area contributed by atoms with Crippen molar-refractivity contribution in [3.05, 3.63) is 53.6 Å². The van der Waals surface area contributed by atoms with Crippen LogP contribution in [0.25, 0.3) is 0 Å². The highest BCUT2D eigenvalue weighted by molar-refractivity contribution is 5.97. The zero-order valence-corrected chi connectivity index (χ0v) is 32.1. The van der Waals surface area contributed by atoms with E-state index in [4.69, 9.17) is 14.2 Å². The summed E-state index contributed by atoms with van der Waals surface area (Å²) >= 11 is 0. The van der Waals surface area contributed by atoms with E-state index in [2.05, 4.69) is 52.8 Å². The van der Waals surface area contributed by atoms with Crippen molar-refractivity contribution < 1.29 is 34.3 Å². The van der Waals surface area contributed by atoms with E-state index in [1.807, 2.05) is 31.3 Å². The van der Waals surface area contributed by atoms with E-state index in [1.54, 1.807) is 19.2 Å². The third-order valence-electron chi connectivity index (χ3n) is 11.6. The predicted octanol–water partition coefficient (Wildman–Crippen LogP) is 5.92. The standard InChI is InChI=1S/C42H58N4O7/c1-27(2)31-12-14-37(48)42(25-28-11-13-34(47)35(21-28)51-5)16-7-9-32(42)10-8-18-45-40(44-4)46-33-20-30(19-31)22-36(39(33)50)53-41(26-43-3)17-15-29(24-41)23-38(49)52-6/h11-14,20-22,27,29,31-32,38,43,47,49-50H,7,9-10,15-17,19,23-26H2,1-6H3,(H2,44,45,46)/b14-12+/t29-,31+,32-,38-,41-,42+/m1/s1. The number of ketones is 1. The number of allylic oxidation sites excluding steroid dienone is 2. The van der Waals surface area contributed by atoms with Crippen LogP contribution in [0.5, 0.6) is 23.0 Å². The van der Waals surface area contributed by atoms with Crippen molar-refractivity contribution >= 4 is 17.4 Å². The van der Waals surface area contributed by atoms with Crippen LogP contribution in [0.2, 0.25) is 0 Å². The first-order chi connectivity index (χ1) is 25.4. The summed E-state index contributed by atoms with van der Waals surface area (Å²) in [5.74, 6) is 4.97. The number of carbonyl (C=O) groups excluding carboxylic acids is 1. The number of fused-ring (bicyclic) bond motifs is 3. The molecule has 0 unspecified atom stereocenters. The molecule has 1 aliphatic heterocycles. The number of guanidine groups is 1. The normalized spacial score (nSPS) is 28.0. The molecule has 6 atom stereocenters. The minimum absolute atomic E-state index is 0.0117. The smallest absolute Gasteiger partial charge is 0.207 e. The Bertz CT molecular complexity index is 1710. The molecule has 6 N–H and O–H groups in total. The number of benzene rings is 2. The number of phenolic OH excluding ortho intramolecular Hbond substituents is 2. The second-order valence-corrected chi connectivity index (χ2v) is 15.4. The summed E-state index contributed by atoms with van der Waals surface area (Å²) in [7, 11) is 6.57. The number of likely N-dealkylation sites (N-methyl/N-ethyl adjacent to an activating group) is 1. The second-order valence-electron chi connectivity index (χ2n) is 15.4. The van der Waals surface area contributed by atoms with E-state index in [0.717, 1.165) is 43.2 Å². The summed E-state index contributed by atoms with van der Waals surface area (Å²) in [5.41, 5.74) is 1.05. The molecule has 0 spiro atoms. The molecule has 2 saturated carbocycles. The van der Waals surface area contributed by atoms with Gasteiger partial charge < -0.3 is 40.2 Å². The number of ether oxygens (including phenoxy) is 3. The van der Waals surface area contributed by atoms with Gasteiger partial charge >= 0.3 is 0 Å². The van der Waals surface area contributed by atoms with Gasteiger partial charge in [-0.1, -0.05) is 38.3 Å². The maximum Gasteiger partial charge on any atom is 0.207 e. The highest BCUT2D eigenvalue weighted by Gasteiger charge is 2.47. The molecule has 288 valence electrons. The van der Waals surface area contributed by atoms with Gasteiger partial charge in [-0.3, -0.25) is 15.1 Å². The highest BCUT2D eigenvalue weighted by atomic mass is 16.6. The van der Waals surface area contributed by atoms with Crippen molar-refractivity contribution in [1.29, 1.82) is 0 Å². The summed E-state index contributed by atoms with van der Waals surface area (Å²) in [6.45, 7) is 4.88. The SMILES string of the molecule is CN=C1NC#CC[C@H]2CCC[C@@]2(Cc2ccc(O)c(OC)c2)C(=O)/C=C/[C@H](C(C)C)Cc2cc(c(O)c(O[C@]3(CNC)CC[C@H](C[C@H](O)OC)C3)c2)N1. The quantitative estimate of drug-likeness (QED) is 0.0934. The molecular weight excluding hydrogens is 672 g/mol. The minimum atomic E-state index is -0.834. The fraction of sp³-hybridized carbons (Fsp3) is 0.571. The number of nitrogens with one attached hydrogen (secondary N) is 3. The molecule has 11 nitrogen and oxygen atoms in total. The van der Waals surface area contributed by atoms with Crippen LogP contribution in [0.3, 0.4) is 0 Å². The van der Waals surface area contributed by atoms with Gasteiger partial charge in [-0.15, -0.1) is 0 Å². The highest BCUT2D eigenvalue weighted by Crippen LogP contribution is 2.49. The van der Waals surface area contributed by atoms with Gasteiger partial charge in [-0.2, -0.15) is 0 Å². The van der Waals surface area contributed by atoms with Gasteiger partial charge in [0.25, 0.3) is 0 Å². The fourth-order valence-corrected chi connectivity index (χ4v) is 8.59. The van der Waals surface area contributed by atoms with Crippen LogP contribution in [-0.2, 0) is 22.4 Å². The van der Waals surface area contributed by atoms with Crippen molar-refractivity contribution in [2.75, 3.05) is 40.2 Å². The van der Waals surface area contributed by atoms with Crippen molar-refractivity contribution in [3.8, 4) is 35.0 Å². The Morgan fingerprint density at radius 1 is 1.11 bits per heavy atom. The molecule has 2 fully saturated rings. The summed E-state index contributed by atoms with van der Waals surface area (Å²) in [6, 6.07) is 12.2. The fourth-order valence-electron chi connectivity index (χ4n) is 8.59. The van der Waals surface area contributed by atoms with Gasteiger partial charge in [0.1, 0.15) is 5.60 Å².